The first-order chi connectivity index (χ1) is 8.48. The van der Waals surface area contributed by atoms with Crippen LogP contribution in [0.15, 0.2) is 35.3 Å². The summed E-state index contributed by atoms with van der Waals surface area (Å²) in [5.74, 6) is 0.180. The fraction of sp³-hybridized carbons (Fsp3) is 0.417. The third-order valence-corrected chi connectivity index (χ3v) is 4.59. The average molecular weight is 418 g/mol. The van der Waals surface area contributed by atoms with Crippen molar-refractivity contribution in [3.8, 4) is 0 Å². The van der Waals surface area contributed by atoms with Gasteiger partial charge >= 0.3 is 0 Å². The molecule has 18 heavy (non-hydrogen) atoms. The second kappa shape index (κ2) is 5.73. The maximum atomic E-state index is 5.86. The van der Waals surface area contributed by atoms with E-state index in [0.717, 1.165) is 16.4 Å². The van der Waals surface area contributed by atoms with Crippen LogP contribution in [0.1, 0.15) is 12.0 Å². The van der Waals surface area contributed by atoms with E-state index in [1.165, 1.54) is 0 Å². The highest BCUT2D eigenvalue weighted by molar-refractivity contribution is 14.1. The molecule has 0 saturated heterocycles. The molecule has 0 saturated carbocycles. The Morgan fingerprint density at radius 2 is 1.94 bits per heavy atom. The van der Waals surface area contributed by atoms with E-state index in [4.69, 9.17) is 39.5 Å². The number of aliphatic imine (C=N–C) groups is 1. The first-order valence-electron chi connectivity index (χ1n) is 5.39. The molecule has 1 aliphatic heterocycles. The van der Waals surface area contributed by atoms with Gasteiger partial charge in [0.05, 0.1) is 6.61 Å². The van der Waals surface area contributed by atoms with E-state index in [-0.39, 0.29) is 11.4 Å². The third-order valence-electron chi connectivity index (χ3n) is 2.84. The summed E-state index contributed by atoms with van der Waals surface area (Å²) in [5.41, 5.74) is 0.758. The Kier molecular flexibility index (Phi) is 4.68. The fourth-order valence-electron chi connectivity index (χ4n) is 1.88. The van der Waals surface area contributed by atoms with Crippen molar-refractivity contribution in [2.45, 2.75) is 15.8 Å². The van der Waals surface area contributed by atoms with Crippen LogP contribution in [-0.2, 0) is 10.3 Å². The lowest BCUT2D eigenvalue weighted by atomic mass is 9.89. The number of hydrogen-bond donors (Lipinski definition) is 0. The van der Waals surface area contributed by atoms with Gasteiger partial charge in [-0.3, -0.25) is 0 Å². The molecule has 2 nitrogen and oxygen atoms in total. The van der Waals surface area contributed by atoms with Crippen LogP contribution in [0, 0.1) is 0 Å². The first kappa shape index (κ1) is 14.7. The minimum absolute atomic E-state index is 0.180. The summed E-state index contributed by atoms with van der Waals surface area (Å²) in [6, 6.07) is 10.0. The minimum Gasteiger partial charge on any atom is -0.478 e. The van der Waals surface area contributed by atoms with Gasteiger partial charge in [0.2, 0.25) is 5.90 Å². The van der Waals surface area contributed by atoms with Gasteiger partial charge in [-0.1, -0.05) is 87.7 Å². The van der Waals surface area contributed by atoms with Crippen molar-refractivity contribution in [3.63, 3.8) is 0 Å². The second-order valence-corrected chi connectivity index (χ2v) is 7.09. The van der Waals surface area contributed by atoms with Crippen LogP contribution in [-0.4, -0.2) is 20.7 Å². The predicted octanol–water partition coefficient (Wildman–Crippen LogP) is 4.51. The van der Waals surface area contributed by atoms with Gasteiger partial charge in [-0.05, 0) is 5.56 Å². The van der Waals surface area contributed by atoms with Gasteiger partial charge in [-0.2, -0.15) is 0 Å². The lowest BCUT2D eigenvalue weighted by molar-refractivity contribution is 0.221. The smallest absolute Gasteiger partial charge is 0.266 e. The molecule has 2 rings (SSSR count). The molecule has 0 radical (unpaired) electrons. The van der Waals surface area contributed by atoms with Crippen LogP contribution in [0.5, 0.6) is 0 Å². The molecule has 0 spiro atoms. The molecule has 1 aliphatic rings. The van der Waals surface area contributed by atoms with Crippen LogP contribution in [0.2, 0.25) is 0 Å². The maximum Gasteiger partial charge on any atom is 0.266 e. The molecule has 0 unspecified atom stereocenters. The van der Waals surface area contributed by atoms with Gasteiger partial charge in [-0.15, -0.1) is 0 Å². The number of alkyl halides is 4. The molecular formula is C12H11Cl3INO. The zero-order valence-corrected chi connectivity index (χ0v) is 13.8. The Bertz CT molecular complexity index is 446. The molecule has 0 amide bonds. The summed E-state index contributed by atoms with van der Waals surface area (Å²) in [6.07, 6.45) is 0.782. The number of rotatable bonds is 2. The molecule has 0 aliphatic carbocycles. The van der Waals surface area contributed by atoms with Crippen molar-refractivity contribution in [3.05, 3.63) is 35.9 Å². The number of benzene rings is 1. The molecular weight excluding hydrogens is 407 g/mol. The van der Waals surface area contributed by atoms with E-state index in [1.54, 1.807) is 0 Å². The van der Waals surface area contributed by atoms with E-state index < -0.39 is 3.79 Å². The van der Waals surface area contributed by atoms with Crippen molar-refractivity contribution < 1.29 is 4.74 Å². The highest BCUT2D eigenvalue weighted by atomic mass is 127. The summed E-state index contributed by atoms with van der Waals surface area (Å²) in [6.45, 7) is 0.505. The highest BCUT2D eigenvalue weighted by Crippen LogP contribution is 2.39. The van der Waals surface area contributed by atoms with Crippen LogP contribution in [0.25, 0.3) is 0 Å². The second-order valence-electron chi connectivity index (χ2n) is 4.04. The molecule has 0 bridgehead atoms. The third kappa shape index (κ3) is 3.06. The SMILES string of the molecule is ClC(Cl)(Cl)C1=N[C@](CI)(c2ccccc2)CCO1. The standard InChI is InChI=1S/C12H11Cl3INO/c13-12(14,15)10-17-11(8-16,6-7-18-10)9-4-2-1-3-5-9/h1-5H,6-8H2/t11-/m1/s1. The Hall–Kier alpha value is 0.290. The van der Waals surface area contributed by atoms with Crippen molar-refractivity contribution in [1.82, 2.24) is 0 Å². The van der Waals surface area contributed by atoms with Crippen molar-refractivity contribution in [1.29, 1.82) is 0 Å². The summed E-state index contributed by atoms with van der Waals surface area (Å²) in [4.78, 5) is 4.56. The van der Waals surface area contributed by atoms with E-state index in [1.807, 2.05) is 30.3 Å². The van der Waals surface area contributed by atoms with E-state index in [0.29, 0.717) is 6.61 Å². The zero-order valence-electron chi connectivity index (χ0n) is 9.38. The number of ether oxygens (including phenoxy) is 1. The zero-order chi connectivity index (χ0) is 13.2. The van der Waals surface area contributed by atoms with Gasteiger partial charge in [0.1, 0.15) is 5.54 Å². The molecule has 98 valence electrons. The monoisotopic (exact) mass is 417 g/mol. The van der Waals surface area contributed by atoms with Gasteiger partial charge in [0.25, 0.3) is 3.79 Å². The summed E-state index contributed by atoms with van der Waals surface area (Å²) in [7, 11) is 0. The number of halogens is 4. The lowest BCUT2D eigenvalue weighted by Crippen LogP contribution is -2.38. The van der Waals surface area contributed by atoms with E-state index >= 15 is 0 Å². The van der Waals surface area contributed by atoms with Crippen LogP contribution in [0.4, 0.5) is 0 Å². The van der Waals surface area contributed by atoms with Crippen molar-refractivity contribution >= 4 is 63.3 Å². The Morgan fingerprint density at radius 3 is 2.50 bits per heavy atom. The van der Waals surface area contributed by atoms with Crippen LogP contribution < -0.4 is 0 Å². The quantitative estimate of drug-likeness (QED) is 0.512. The van der Waals surface area contributed by atoms with E-state index in [9.17, 15) is 0 Å². The Morgan fingerprint density at radius 1 is 1.28 bits per heavy atom. The van der Waals surface area contributed by atoms with Crippen molar-refractivity contribution in [2.75, 3.05) is 11.0 Å². The topological polar surface area (TPSA) is 21.6 Å². The van der Waals surface area contributed by atoms with Gasteiger partial charge in [-0.25, -0.2) is 4.99 Å². The largest absolute Gasteiger partial charge is 0.478 e. The van der Waals surface area contributed by atoms with Crippen molar-refractivity contribution in [2.24, 2.45) is 4.99 Å². The van der Waals surface area contributed by atoms with Gasteiger partial charge in [0, 0.05) is 10.8 Å². The van der Waals surface area contributed by atoms with Gasteiger partial charge in [0.15, 0.2) is 0 Å². The van der Waals surface area contributed by atoms with Crippen LogP contribution in [0.3, 0.4) is 0 Å². The summed E-state index contributed by atoms with van der Waals surface area (Å²) < 4.78 is 4.57. The number of nitrogens with zero attached hydrogens (tertiary/aromatic N) is 1. The predicted molar refractivity (Wildman–Crippen MR) is 85.3 cm³/mol. The lowest BCUT2D eigenvalue weighted by Gasteiger charge is -2.34. The molecule has 1 aromatic carbocycles. The molecule has 6 heteroatoms. The fourth-order valence-corrected chi connectivity index (χ4v) is 3.16. The molecule has 1 heterocycles. The molecule has 1 atom stereocenters. The Balaban J connectivity index is 2.45. The molecule has 1 aromatic rings. The summed E-state index contributed by atoms with van der Waals surface area (Å²) >= 11 is 19.9. The normalized spacial score (nSPS) is 24.3. The van der Waals surface area contributed by atoms with Gasteiger partial charge < -0.3 is 4.74 Å². The first-order valence-corrected chi connectivity index (χ1v) is 8.05. The maximum absolute atomic E-state index is 5.86. The highest BCUT2D eigenvalue weighted by Gasteiger charge is 2.40. The number of hydrogen-bond acceptors (Lipinski definition) is 2. The Labute approximate surface area is 135 Å². The van der Waals surface area contributed by atoms with E-state index in [2.05, 4.69) is 27.6 Å². The average Bonchev–Trinajstić information content (AvgIpc) is 2.39. The molecule has 0 N–H and O–H groups in total. The molecule has 0 fully saturated rings. The summed E-state index contributed by atoms with van der Waals surface area (Å²) in [5, 5.41) is 0. The molecule has 0 aromatic heterocycles. The van der Waals surface area contributed by atoms with Crippen LogP contribution >= 0.6 is 57.4 Å². The minimum atomic E-state index is -1.60.